The summed E-state index contributed by atoms with van der Waals surface area (Å²) in [4.78, 5) is 28.0. The van der Waals surface area contributed by atoms with E-state index in [1.54, 1.807) is 24.3 Å². The lowest BCUT2D eigenvalue weighted by Crippen LogP contribution is -2.39. The predicted molar refractivity (Wildman–Crippen MR) is 86.6 cm³/mol. The molecule has 0 saturated carbocycles. The third-order valence-electron chi connectivity index (χ3n) is 4.52. The summed E-state index contributed by atoms with van der Waals surface area (Å²) in [5, 5.41) is 16.0. The highest BCUT2D eigenvalue weighted by Crippen LogP contribution is 2.39. The van der Waals surface area contributed by atoms with Gasteiger partial charge in [0.25, 0.3) is 0 Å². The molecule has 3 heterocycles. The fourth-order valence-corrected chi connectivity index (χ4v) is 3.31. The summed E-state index contributed by atoms with van der Waals surface area (Å²) >= 11 is 0. The number of halogens is 1. The van der Waals surface area contributed by atoms with Crippen LogP contribution in [0.1, 0.15) is 5.56 Å². The number of anilines is 1. The number of hydrogen-bond donors (Lipinski definition) is 2. The number of carbonyl (C=O) groups is 2. The van der Waals surface area contributed by atoms with Crippen LogP contribution in [0.3, 0.4) is 0 Å². The summed E-state index contributed by atoms with van der Waals surface area (Å²) in [7, 11) is 0. The van der Waals surface area contributed by atoms with Crippen LogP contribution in [0.2, 0.25) is 0 Å². The Morgan fingerprint density at radius 2 is 1.88 bits per heavy atom. The van der Waals surface area contributed by atoms with Crippen molar-refractivity contribution in [2.75, 3.05) is 5.32 Å². The van der Waals surface area contributed by atoms with Crippen molar-refractivity contribution in [1.82, 2.24) is 14.8 Å². The number of benzene rings is 1. The molecular formula is C17H15FN4O4. The molecule has 2 aliphatic heterocycles. The maximum absolute atomic E-state index is 12.9. The third kappa shape index (κ3) is 2.97. The predicted octanol–water partition coefficient (Wildman–Crippen LogP) is 1.06. The molecule has 1 aromatic carbocycles. The fourth-order valence-electron chi connectivity index (χ4n) is 3.31. The molecule has 1 fully saturated rings. The minimum atomic E-state index is -1.07. The summed E-state index contributed by atoms with van der Waals surface area (Å²) in [5.74, 6) is -3.56. The Kier molecular flexibility index (Phi) is 4.00. The fraction of sp³-hybridized carbons (Fsp3) is 0.294. The number of aliphatic carboxylic acids is 1. The number of carboxylic acids is 1. The first-order chi connectivity index (χ1) is 12.5. The van der Waals surface area contributed by atoms with E-state index in [0.717, 1.165) is 5.56 Å². The van der Waals surface area contributed by atoms with Crippen molar-refractivity contribution >= 4 is 17.8 Å². The van der Waals surface area contributed by atoms with E-state index >= 15 is 0 Å². The van der Waals surface area contributed by atoms with E-state index in [9.17, 15) is 19.1 Å². The summed E-state index contributed by atoms with van der Waals surface area (Å²) in [6.45, 7) is 0.362. The van der Waals surface area contributed by atoms with Gasteiger partial charge in [-0.15, -0.1) is 5.10 Å². The van der Waals surface area contributed by atoms with E-state index in [1.165, 1.54) is 23.1 Å². The van der Waals surface area contributed by atoms with Crippen LogP contribution in [-0.2, 0) is 20.9 Å². The van der Waals surface area contributed by atoms with Crippen molar-refractivity contribution in [2.45, 2.75) is 18.8 Å². The molecule has 0 spiro atoms. The number of hydrogen-bond acceptors (Lipinski definition) is 5. The van der Waals surface area contributed by atoms with Crippen LogP contribution in [0.25, 0.3) is 0 Å². The van der Waals surface area contributed by atoms with Crippen molar-refractivity contribution in [3.63, 3.8) is 0 Å². The first-order valence-corrected chi connectivity index (χ1v) is 8.02. The van der Waals surface area contributed by atoms with Gasteiger partial charge in [-0.25, -0.2) is 14.1 Å². The molecule has 0 unspecified atom stereocenters. The number of rotatable bonds is 5. The summed E-state index contributed by atoms with van der Waals surface area (Å²) in [5.41, 5.74) is 0.826. The minimum absolute atomic E-state index is 0.0769. The molecule has 4 rings (SSSR count). The zero-order chi connectivity index (χ0) is 18.3. The third-order valence-corrected chi connectivity index (χ3v) is 4.52. The molecule has 1 amide bonds. The van der Waals surface area contributed by atoms with Gasteiger partial charge in [-0.05, 0) is 17.7 Å². The van der Waals surface area contributed by atoms with Crippen molar-refractivity contribution in [1.29, 1.82) is 0 Å². The van der Waals surface area contributed by atoms with Crippen LogP contribution in [0.5, 0.6) is 0 Å². The molecule has 2 aliphatic rings. The van der Waals surface area contributed by atoms with E-state index < -0.39 is 35.9 Å². The van der Waals surface area contributed by atoms with Crippen molar-refractivity contribution in [2.24, 2.45) is 11.8 Å². The van der Waals surface area contributed by atoms with Crippen molar-refractivity contribution in [3.05, 3.63) is 54.1 Å². The molecule has 1 aromatic heterocycles. The second-order valence-electron chi connectivity index (χ2n) is 6.22. The highest BCUT2D eigenvalue weighted by Gasteiger charge is 2.53. The molecule has 2 aromatic rings. The second kappa shape index (κ2) is 6.34. The normalized spacial score (nSPS) is 26.2. The lowest BCUT2D eigenvalue weighted by atomic mass is 9.82. The molecule has 26 heavy (non-hydrogen) atoms. The van der Waals surface area contributed by atoms with Crippen LogP contribution < -0.4 is 5.32 Å². The molecule has 1 saturated heterocycles. The highest BCUT2D eigenvalue weighted by atomic mass is 19.1. The number of nitrogens with one attached hydrogen (secondary N) is 1. The zero-order valence-corrected chi connectivity index (χ0v) is 13.4. The molecular weight excluding hydrogens is 343 g/mol. The molecule has 9 heteroatoms. The maximum atomic E-state index is 12.9. The Bertz CT molecular complexity index is 879. The molecule has 2 bridgehead atoms. The quantitative estimate of drug-likeness (QED) is 0.774. The van der Waals surface area contributed by atoms with Gasteiger partial charge in [-0.3, -0.25) is 14.9 Å². The van der Waals surface area contributed by atoms with Crippen LogP contribution >= 0.6 is 0 Å². The number of fused-ring (bicyclic) bond motifs is 2. The molecule has 8 nitrogen and oxygen atoms in total. The van der Waals surface area contributed by atoms with E-state index in [-0.39, 0.29) is 11.8 Å². The van der Waals surface area contributed by atoms with Crippen LogP contribution in [0.4, 0.5) is 10.3 Å². The molecule has 0 radical (unpaired) electrons. The summed E-state index contributed by atoms with van der Waals surface area (Å²) < 4.78 is 19.9. The van der Waals surface area contributed by atoms with Gasteiger partial charge in [-0.2, -0.15) is 0 Å². The monoisotopic (exact) mass is 358 g/mol. The SMILES string of the molecule is O=C(Nc1ncn(Cc2ccc(F)cc2)n1)[C@@H]1[C@H](C(=O)O)[C@H]2C=C[C@H]1O2. The van der Waals surface area contributed by atoms with Gasteiger partial charge in [0.2, 0.25) is 11.9 Å². The number of carboxylic acid groups (broad SMARTS) is 1. The van der Waals surface area contributed by atoms with Crippen molar-refractivity contribution in [3.8, 4) is 0 Å². The maximum Gasteiger partial charge on any atom is 0.310 e. The van der Waals surface area contributed by atoms with E-state index in [1.807, 2.05) is 0 Å². The Morgan fingerprint density at radius 3 is 2.58 bits per heavy atom. The van der Waals surface area contributed by atoms with Gasteiger partial charge in [0.05, 0.1) is 24.7 Å². The molecule has 2 N–H and O–H groups in total. The van der Waals surface area contributed by atoms with Gasteiger partial charge in [0.1, 0.15) is 18.1 Å². The molecule has 4 atom stereocenters. The minimum Gasteiger partial charge on any atom is -0.481 e. The van der Waals surface area contributed by atoms with Crippen LogP contribution in [-0.4, -0.2) is 44.0 Å². The first kappa shape index (κ1) is 16.4. The Morgan fingerprint density at radius 1 is 1.19 bits per heavy atom. The van der Waals surface area contributed by atoms with Gasteiger partial charge in [0.15, 0.2) is 0 Å². The Hall–Kier alpha value is -3.07. The standard InChI is InChI=1S/C17H15FN4O4/c18-10-3-1-9(2-4-10)7-22-8-19-17(21-22)20-15(23)13-11-5-6-12(26-11)14(13)16(24)25/h1-6,8,11-14H,7H2,(H,24,25)(H,20,21,23)/t11-,12-,13+,14-/m1/s1. The van der Waals surface area contributed by atoms with Gasteiger partial charge < -0.3 is 9.84 Å². The number of amides is 1. The highest BCUT2D eigenvalue weighted by molar-refractivity contribution is 5.95. The lowest BCUT2D eigenvalue weighted by molar-refractivity contribution is -0.145. The zero-order valence-electron chi connectivity index (χ0n) is 13.4. The summed E-state index contributed by atoms with van der Waals surface area (Å²) in [6.07, 6.45) is 3.67. The number of aromatic nitrogens is 3. The number of carbonyl (C=O) groups excluding carboxylic acids is 1. The average molecular weight is 358 g/mol. The smallest absolute Gasteiger partial charge is 0.310 e. The van der Waals surface area contributed by atoms with Gasteiger partial charge in [-0.1, -0.05) is 24.3 Å². The molecule has 134 valence electrons. The van der Waals surface area contributed by atoms with E-state index in [0.29, 0.717) is 6.54 Å². The Balaban J connectivity index is 1.44. The molecule has 0 aliphatic carbocycles. The topological polar surface area (TPSA) is 106 Å². The summed E-state index contributed by atoms with van der Waals surface area (Å²) in [6, 6.07) is 5.96. The van der Waals surface area contributed by atoms with Crippen LogP contribution in [0.15, 0.2) is 42.7 Å². The largest absolute Gasteiger partial charge is 0.481 e. The first-order valence-electron chi connectivity index (χ1n) is 8.02. The average Bonchev–Trinajstić information content (AvgIpc) is 3.32. The number of nitrogens with zero attached hydrogens (tertiary/aromatic N) is 3. The van der Waals surface area contributed by atoms with Crippen molar-refractivity contribution < 1.29 is 23.8 Å². The van der Waals surface area contributed by atoms with Gasteiger partial charge >= 0.3 is 5.97 Å². The lowest BCUT2D eigenvalue weighted by Gasteiger charge is -2.19. The number of ether oxygens (including phenoxy) is 1. The Labute approximate surface area is 147 Å². The second-order valence-corrected chi connectivity index (χ2v) is 6.22. The van der Waals surface area contributed by atoms with Gasteiger partial charge in [0, 0.05) is 0 Å². The van der Waals surface area contributed by atoms with E-state index in [4.69, 9.17) is 4.74 Å². The van der Waals surface area contributed by atoms with E-state index in [2.05, 4.69) is 15.4 Å². The van der Waals surface area contributed by atoms with Crippen LogP contribution in [0, 0.1) is 17.7 Å².